The number of benzene rings is 10. The van der Waals surface area contributed by atoms with Crippen molar-refractivity contribution in [3.05, 3.63) is 200 Å². The molecule has 0 unspecified atom stereocenters. The lowest BCUT2D eigenvalue weighted by molar-refractivity contribution is 1.29. The van der Waals surface area contributed by atoms with Crippen molar-refractivity contribution < 1.29 is 0 Å². The fraction of sp³-hybridized carbons (Fsp3) is 0. The maximum atomic E-state index is 2.42. The molecule has 54 heavy (non-hydrogen) atoms. The summed E-state index contributed by atoms with van der Waals surface area (Å²) in [6, 6.07) is 73.7. The minimum absolute atomic E-state index is 1.12. The molecule has 0 saturated heterocycles. The Balaban J connectivity index is 1.09. The molecule has 11 rings (SSSR count). The SMILES string of the molecule is c1cc(-c2cc3ccccc3c3ccccc23)cc(N(c2ccc(-c3cc4ccccc4c4ccccc34)cc2)c2ccc3c(c2)[sH+]c2ccccc23)c1. The molecule has 11 aromatic rings. The molecule has 1 aromatic heterocycles. The van der Waals surface area contributed by atoms with Gasteiger partial charge in [0, 0.05) is 28.2 Å². The summed E-state index contributed by atoms with van der Waals surface area (Å²) < 4.78 is 2.71. The van der Waals surface area contributed by atoms with Crippen LogP contribution in [-0.2, 0) is 0 Å². The van der Waals surface area contributed by atoms with Crippen LogP contribution in [-0.4, -0.2) is 0 Å². The second-order valence-corrected chi connectivity index (χ2v) is 15.3. The van der Waals surface area contributed by atoms with Gasteiger partial charge < -0.3 is 4.90 Å². The van der Waals surface area contributed by atoms with Gasteiger partial charge in [-0.3, -0.25) is 0 Å². The standard InChI is InChI=1S/C52H33NS/c1-3-16-41-36(12-1)31-49(45-20-7-5-18-43(41)45)34-24-26-38(27-25-34)53(40-28-29-48-47-22-9-10-23-51(47)54-52(48)33-40)39-15-11-14-35(30-39)50-32-37-13-2-4-17-42(37)44-19-6-8-21-46(44)50/h1-33H/p+1. The lowest BCUT2D eigenvalue weighted by Gasteiger charge is -2.26. The molecule has 0 bridgehead atoms. The number of fused-ring (bicyclic) bond motifs is 9. The molecule has 0 aliphatic heterocycles. The summed E-state index contributed by atoms with van der Waals surface area (Å²) in [6.07, 6.45) is 0. The van der Waals surface area contributed by atoms with E-state index < -0.39 is 0 Å². The van der Waals surface area contributed by atoms with E-state index in [0.717, 1.165) is 17.1 Å². The third-order valence-electron chi connectivity index (χ3n) is 11.1. The van der Waals surface area contributed by atoms with Crippen molar-refractivity contribution in [2.75, 3.05) is 4.90 Å². The molecular formula is C52H34NS+. The van der Waals surface area contributed by atoms with E-state index >= 15 is 0 Å². The summed E-state index contributed by atoms with van der Waals surface area (Å²) in [5.41, 5.74) is 8.30. The van der Waals surface area contributed by atoms with Gasteiger partial charge in [0.1, 0.15) is 0 Å². The van der Waals surface area contributed by atoms with Crippen LogP contribution >= 0.6 is 11.3 Å². The average Bonchev–Trinajstić information content (AvgIpc) is 3.62. The summed E-state index contributed by atoms with van der Waals surface area (Å²) in [4.78, 5) is 2.42. The quantitative estimate of drug-likeness (QED) is 0.127. The number of rotatable bonds is 5. The van der Waals surface area contributed by atoms with E-state index in [2.05, 4.69) is 205 Å². The molecule has 0 radical (unpaired) electrons. The minimum Gasteiger partial charge on any atom is -0.310 e. The lowest BCUT2D eigenvalue weighted by atomic mass is 9.93. The summed E-state index contributed by atoms with van der Waals surface area (Å²) in [5.74, 6) is 0. The van der Waals surface area contributed by atoms with Gasteiger partial charge in [-0.25, -0.2) is 0 Å². The molecule has 252 valence electrons. The molecule has 0 N–H and O–H groups in total. The zero-order chi connectivity index (χ0) is 35.6. The van der Waals surface area contributed by atoms with Gasteiger partial charge in [-0.1, -0.05) is 133 Å². The summed E-state index contributed by atoms with van der Waals surface area (Å²) in [7, 11) is 0. The van der Waals surface area contributed by atoms with Crippen molar-refractivity contribution in [1.82, 2.24) is 0 Å². The lowest BCUT2D eigenvalue weighted by Crippen LogP contribution is -2.10. The van der Waals surface area contributed by atoms with Crippen molar-refractivity contribution in [3.8, 4) is 22.3 Å². The molecule has 0 atom stereocenters. The number of thiophene rings is 1. The van der Waals surface area contributed by atoms with Crippen molar-refractivity contribution in [3.63, 3.8) is 0 Å². The Bertz CT molecular complexity index is 3230. The molecular weight excluding hydrogens is 671 g/mol. The van der Waals surface area contributed by atoms with E-state index in [1.165, 1.54) is 96.9 Å². The van der Waals surface area contributed by atoms with Gasteiger partial charge in [-0.15, -0.1) is 0 Å². The molecule has 0 spiro atoms. The van der Waals surface area contributed by atoms with E-state index in [1.807, 2.05) is 0 Å². The van der Waals surface area contributed by atoms with E-state index in [4.69, 9.17) is 0 Å². The van der Waals surface area contributed by atoms with Gasteiger partial charge in [0.05, 0.1) is 5.69 Å². The maximum absolute atomic E-state index is 2.42. The highest BCUT2D eigenvalue weighted by Gasteiger charge is 2.19. The molecule has 1 heterocycles. The molecule has 2 heteroatoms. The highest BCUT2D eigenvalue weighted by molar-refractivity contribution is 7.25. The molecule has 0 aliphatic carbocycles. The monoisotopic (exact) mass is 704 g/mol. The summed E-state index contributed by atoms with van der Waals surface area (Å²) >= 11 is 1.25. The van der Waals surface area contributed by atoms with Gasteiger partial charge in [0.2, 0.25) is 0 Å². The van der Waals surface area contributed by atoms with Crippen LogP contribution in [0.3, 0.4) is 0 Å². The predicted molar refractivity (Wildman–Crippen MR) is 236 cm³/mol. The van der Waals surface area contributed by atoms with E-state index in [0.29, 0.717) is 0 Å². The third-order valence-corrected chi connectivity index (χ3v) is 12.3. The van der Waals surface area contributed by atoms with Crippen LogP contribution in [0.1, 0.15) is 0 Å². The number of hydrogen-bond donors (Lipinski definition) is 0. The van der Waals surface area contributed by atoms with Crippen LogP contribution in [0.4, 0.5) is 17.1 Å². The van der Waals surface area contributed by atoms with E-state index in [1.54, 1.807) is 0 Å². The number of hydrogen-bond acceptors (Lipinski definition) is 1. The average molecular weight is 705 g/mol. The normalized spacial score (nSPS) is 11.7. The Hall–Kier alpha value is -6.74. The summed E-state index contributed by atoms with van der Waals surface area (Å²) in [6.45, 7) is 0. The fourth-order valence-electron chi connectivity index (χ4n) is 8.54. The van der Waals surface area contributed by atoms with Gasteiger partial charge in [0.25, 0.3) is 0 Å². The molecule has 0 amide bonds. The van der Waals surface area contributed by atoms with E-state index in [9.17, 15) is 0 Å². The topological polar surface area (TPSA) is 3.24 Å². The van der Waals surface area contributed by atoms with Gasteiger partial charge in [-0.2, -0.15) is 0 Å². The highest BCUT2D eigenvalue weighted by atomic mass is 32.1. The first-order chi connectivity index (χ1) is 26.8. The van der Waals surface area contributed by atoms with Crippen LogP contribution in [0.15, 0.2) is 200 Å². The molecule has 0 saturated carbocycles. The number of anilines is 3. The Kier molecular flexibility index (Phi) is 7.11. The summed E-state index contributed by atoms with van der Waals surface area (Å²) in [5, 5.41) is 12.8. The van der Waals surface area contributed by atoms with Gasteiger partial charge in [0.15, 0.2) is 9.40 Å². The van der Waals surface area contributed by atoms with Crippen LogP contribution in [0, 0.1) is 0 Å². The Morgan fingerprint density at radius 1 is 0.278 bits per heavy atom. The molecule has 0 aliphatic rings. The predicted octanol–water partition coefficient (Wildman–Crippen LogP) is 15.2. The second-order valence-electron chi connectivity index (χ2n) is 14.1. The Labute approximate surface area is 317 Å². The zero-order valence-electron chi connectivity index (χ0n) is 29.4. The zero-order valence-corrected chi connectivity index (χ0v) is 30.3. The van der Waals surface area contributed by atoms with Crippen molar-refractivity contribution in [1.29, 1.82) is 0 Å². The largest absolute Gasteiger partial charge is 0.310 e. The highest BCUT2D eigenvalue weighted by Crippen LogP contribution is 2.44. The molecule has 1 nitrogen and oxygen atoms in total. The smallest absolute Gasteiger partial charge is 0.181 e. The van der Waals surface area contributed by atoms with Gasteiger partial charge in [-0.05, 0) is 137 Å². The third kappa shape index (κ3) is 4.99. The maximum Gasteiger partial charge on any atom is 0.181 e. The van der Waals surface area contributed by atoms with Crippen LogP contribution in [0.5, 0.6) is 0 Å². The van der Waals surface area contributed by atoms with Gasteiger partial charge >= 0.3 is 0 Å². The second kappa shape index (κ2) is 12.4. The first-order valence-electron chi connectivity index (χ1n) is 18.5. The van der Waals surface area contributed by atoms with Crippen LogP contribution in [0.25, 0.3) is 85.5 Å². The van der Waals surface area contributed by atoms with Crippen molar-refractivity contribution in [2.45, 2.75) is 0 Å². The van der Waals surface area contributed by atoms with Crippen LogP contribution in [0.2, 0.25) is 0 Å². The first kappa shape index (κ1) is 30.8. The van der Waals surface area contributed by atoms with Crippen molar-refractivity contribution >= 4 is 91.7 Å². The van der Waals surface area contributed by atoms with Crippen molar-refractivity contribution in [2.24, 2.45) is 0 Å². The fourth-order valence-corrected chi connectivity index (χ4v) is 9.79. The molecule has 0 fully saturated rings. The number of nitrogens with zero attached hydrogens (tertiary/aromatic N) is 1. The van der Waals surface area contributed by atoms with E-state index in [-0.39, 0.29) is 0 Å². The Morgan fingerprint density at radius 2 is 0.778 bits per heavy atom. The minimum atomic E-state index is 1.12. The molecule has 10 aromatic carbocycles. The first-order valence-corrected chi connectivity index (χ1v) is 19.4. The Morgan fingerprint density at radius 3 is 1.44 bits per heavy atom. The van der Waals surface area contributed by atoms with Crippen LogP contribution < -0.4 is 4.90 Å².